The number of carbonyl (C=O) groups is 2. The predicted molar refractivity (Wildman–Crippen MR) is 137 cm³/mol. The Morgan fingerprint density at radius 2 is 1.83 bits per heavy atom. The van der Waals surface area contributed by atoms with Crippen molar-refractivity contribution in [1.82, 2.24) is 14.6 Å². The fourth-order valence-electron chi connectivity index (χ4n) is 5.55. The molecule has 2 aromatic heterocycles. The highest BCUT2D eigenvalue weighted by atomic mass is 16.5. The van der Waals surface area contributed by atoms with Crippen molar-refractivity contribution in [3.8, 4) is 11.1 Å². The first-order chi connectivity index (χ1) is 17.3. The van der Waals surface area contributed by atoms with Gasteiger partial charge in [-0.2, -0.15) is 0 Å². The molecule has 3 heterocycles. The number of aryl methyl sites for hydroxylation is 1. The normalized spacial score (nSPS) is 20.4. The van der Waals surface area contributed by atoms with Crippen molar-refractivity contribution in [2.45, 2.75) is 52.4 Å². The molecule has 0 spiro atoms. The first kappa shape index (κ1) is 22.8. The zero-order valence-corrected chi connectivity index (χ0v) is 20.8. The molecule has 0 bridgehead atoms. The summed E-state index contributed by atoms with van der Waals surface area (Å²) in [6, 6.07) is 9.75. The highest BCUT2D eigenvalue weighted by Gasteiger charge is 2.29. The number of benzene rings is 2. The molecule has 1 aliphatic heterocycles. The molecule has 8 nitrogen and oxygen atoms in total. The number of nitrogens with zero attached hydrogens (tertiary/aromatic N) is 3. The SMILES string of the molecule is Cc1nocc1-c1cc(C(N)=O)c2c(c1)c1ccc(C(=O)N3CC(C)OC(C)C3)cc1n2CC1CC1. The molecule has 2 aliphatic rings. The third-order valence-electron chi connectivity index (χ3n) is 7.38. The summed E-state index contributed by atoms with van der Waals surface area (Å²) in [6.07, 6.45) is 3.91. The van der Waals surface area contributed by atoms with Crippen LogP contribution in [-0.4, -0.2) is 51.7 Å². The zero-order chi connectivity index (χ0) is 25.1. The van der Waals surface area contributed by atoms with Crippen LogP contribution in [0.25, 0.3) is 32.9 Å². The van der Waals surface area contributed by atoms with E-state index in [9.17, 15) is 9.59 Å². The summed E-state index contributed by atoms with van der Waals surface area (Å²) in [7, 11) is 0. The summed E-state index contributed by atoms with van der Waals surface area (Å²) in [6.45, 7) is 7.78. The van der Waals surface area contributed by atoms with Gasteiger partial charge in [0.15, 0.2) is 0 Å². The number of primary amides is 1. The highest BCUT2D eigenvalue weighted by molar-refractivity contribution is 6.17. The fraction of sp³-hybridized carbons (Fsp3) is 0.393. The molecular weight excluding hydrogens is 456 g/mol. The molecule has 2 unspecified atom stereocenters. The molecule has 2 N–H and O–H groups in total. The van der Waals surface area contributed by atoms with Crippen LogP contribution in [0, 0.1) is 12.8 Å². The standard InChI is InChI=1S/C28H30N4O4/c1-15-11-31(12-16(2)36-15)28(34)19-6-7-21-22-8-20(24-14-35-30-17(24)3)9-23(27(29)33)26(22)32(25(21)10-19)13-18-4-5-18/h6-10,14-16,18H,4-5,11-13H2,1-3H3,(H2,29,33). The molecule has 4 aromatic rings. The number of amides is 2. The van der Waals surface area contributed by atoms with Crippen LogP contribution in [0.5, 0.6) is 0 Å². The van der Waals surface area contributed by atoms with E-state index in [0.29, 0.717) is 30.1 Å². The largest absolute Gasteiger partial charge is 0.372 e. The Morgan fingerprint density at radius 3 is 2.47 bits per heavy atom. The third-order valence-corrected chi connectivity index (χ3v) is 7.38. The van der Waals surface area contributed by atoms with E-state index in [2.05, 4.69) is 15.8 Å². The van der Waals surface area contributed by atoms with Crippen molar-refractivity contribution in [2.24, 2.45) is 11.7 Å². The van der Waals surface area contributed by atoms with E-state index in [1.807, 2.05) is 49.9 Å². The van der Waals surface area contributed by atoms with Gasteiger partial charge in [0.2, 0.25) is 0 Å². The van der Waals surface area contributed by atoms with Gasteiger partial charge in [-0.05, 0) is 69.4 Å². The quantitative estimate of drug-likeness (QED) is 0.447. The maximum atomic E-state index is 13.5. The molecular formula is C28H30N4O4. The minimum Gasteiger partial charge on any atom is -0.372 e. The minimum atomic E-state index is -0.483. The van der Waals surface area contributed by atoms with Crippen molar-refractivity contribution >= 4 is 33.6 Å². The van der Waals surface area contributed by atoms with Crippen LogP contribution in [0.2, 0.25) is 0 Å². The highest BCUT2D eigenvalue weighted by Crippen LogP contribution is 2.39. The van der Waals surface area contributed by atoms with Crippen LogP contribution >= 0.6 is 0 Å². The first-order valence-corrected chi connectivity index (χ1v) is 12.6. The Morgan fingerprint density at radius 1 is 1.08 bits per heavy atom. The summed E-state index contributed by atoms with van der Waals surface area (Å²) in [5, 5.41) is 5.93. The van der Waals surface area contributed by atoms with Gasteiger partial charge in [-0.1, -0.05) is 11.2 Å². The number of carbonyl (C=O) groups excluding carboxylic acids is 2. The van der Waals surface area contributed by atoms with Crippen LogP contribution in [-0.2, 0) is 11.3 Å². The number of fused-ring (bicyclic) bond motifs is 3. The van der Waals surface area contributed by atoms with Gasteiger partial charge in [-0.3, -0.25) is 9.59 Å². The molecule has 1 saturated heterocycles. The third kappa shape index (κ3) is 3.86. The van der Waals surface area contributed by atoms with Gasteiger partial charge in [-0.25, -0.2) is 0 Å². The second-order valence-corrected chi connectivity index (χ2v) is 10.4. The van der Waals surface area contributed by atoms with E-state index in [1.54, 1.807) is 6.26 Å². The second-order valence-electron chi connectivity index (χ2n) is 10.4. The van der Waals surface area contributed by atoms with E-state index < -0.39 is 5.91 Å². The van der Waals surface area contributed by atoms with E-state index >= 15 is 0 Å². The van der Waals surface area contributed by atoms with Crippen molar-refractivity contribution in [3.05, 3.63) is 53.4 Å². The van der Waals surface area contributed by atoms with E-state index in [0.717, 1.165) is 58.0 Å². The Balaban J connectivity index is 1.55. The molecule has 2 fully saturated rings. The summed E-state index contributed by atoms with van der Waals surface area (Å²) in [5.74, 6) is 0.0752. The maximum Gasteiger partial charge on any atom is 0.254 e. The number of aromatic nitrogens is 2. The average Bonchev–Trinajstić information content (AvgIpc) is 3.49. The van der Waals surface area contributed by atoms with Gasteiger partial charge in [-0.15, -0.1) is 0 Å². The minimum absolute atomic E-state index is 0.000149. The molecule has 2 atom stereocenters. The first-order valence-electron chi connectivity index (χ1n) is 12.6. The molecule has 36 heavy (non-hydrogen) atoms. The lowest BCUT2D eigenvalue weighted by molar-refractivity contribution is -0.0586. The summed E-state index contributed by atoms with van der Waals surface area (Å²) < 4.78 is 13.2. The van der Waals surface area contributed by atoms with E-state index in [-0.39, 0.29) is 18.1 Å². The average molecular weight is 487 g/mol. The van der Waals surface area contributed by atoms with Crippen molar-refractivity contribution in [3.63, 3.8) is 0 Å². The lowest BCUT2D eigenvalue weighted by atomic mass is 9.99. The summed E-state index contributed by atoms with van der Waals surface area (Å²) in [4.78, 5) is 28.1. The molecule has 0 radical (unpaired) electrons. The van der Waals surface area contributed by atoms with Crippen molar-refractivity contribution in [1.29, 1.82) is 0 Å². The topological polar surface area (TPSA) is 104 Å². The molecule has 1 saturated carbocycles. The molecule has 1 aliphatic carbocycles. The zero-order valence-electron chi connectivity index (χ0n) is 20.8. The summed E-state index contributed by atoms with van der Waals surface area (Å²) in [5.41, 5.74) is 11.2. The lowest BCUT2D eigenvalue weighted by Crippen LogP contribution is -2.48. The Labute approximate surface area is 209 Å². The Hall–Kier alpha value is -3.65. The van der Waals surface area contributed by atoms with Gasteiger partial charge >= 0.3 is 0 Å². The number of hydrogen-bond acceptors (Lipinski definition) is 5. The monoisotopic (exact) mass is 486 g/mol. The molecule has 6 rings (SSSR count). The van der Waals surface area contributed by atoms with Crippen LogP contribution in [0.3, 0.4) is 0 Å². The maximum absolute atomic E-state index is 13.5. The number of nitrogens with two attached hydrogens (primary N) is 1. The predicted octanol–water partition coefficient (Wildman–Crippen LogP) is 4.52. The van der Waals surface area contributed by atoms with Gasteiger partial charge in [0, 0.05) is 47.1 Å². The van der Waals surface area contributed by atoms with Crippen LogP contribution in [0.4, 0.5) is 0 Å². The van der Waals surface area contributed by atoms with Gasteiger partial charge < -0.3 is 24.5 Å². The number of ether oxygens (including phenoxy) is 1. The van der Waals surface area contributed by atoms with E-state index in [4.69, 9.17) is 15.0 Å². The number of hydrogen-bond donors (Lipinski definition) is 1. The summed E-state index contributed by atoms with van der Waals surface area (Å²) >= 11 is 0. The van der Waals surface area contributed by atoms with Gasteiger partial charge in [0.25, 0.3) is 11.8 Å². The van der Waals surface area contributed by atoms with Crippen molar-refractivity contribution < 1.29 is 18.8 Å². The Kier molecular flexibility index (Phi) is 5.37. The molecule has 2 aromatic carbocycles. The lowest BCUT2D eigenvalue weighted by Gasteiger charge is -2.35. The molecule has 186 valence electrons. The van der Waals surface area contributed by atoms with E-state index in [1.165, 1.54) is 0 Å². The van der Waals surface area contributed by atoms with Crippen LogP contribution < -0.4 is 5.73 Å². The van der Waals surface area contributed by atoms with Gasteiger partial charge in [0.05, 0.1) is 29.0 Å². The van der Waals surface area contributed by atoms with Crippen LogP contribution in [0.1, 0.15) is 53.1 Å². The second kappa shape index (κ2) is 8.48. The molecule has 2 amide bonds. The van der Waals surface area contributed by atoms with Crippen LogP contribution in [0.15, 0.2) is 41.1 Å². The van der Waals surface area contributed by atoms with Crippen molar-refractivity contribution in [2.75, 3.05) is 13.1 Å². The number of rotatable bonds is 5. The smallest absolute Gasteiger partial charge is 0.254 e. The Bertz CT molecular complexity index is 1500. The molecule has 8 heteroatoms. The number of morpholine rings is 1. The van der Waals surface area contributed by atoms with Gasteiger partial charge in [0.1, 0.15) is 6.26 Å². The fourth-order valence-corrected chi connectivity index (χ4v) is 5.55.